The smallest absolute Gasteiger partial charge is 0.417 e. The van der Waals surface area contributed by atoms with Crippen LogP contribution < -0.4 is 10.7 Å². The molecular weight excluding hydrogens is 392 g/mol. The lowest BCUT2D eigenvalue weighted by Crippen LogP contribution is -2.57. The highest BCUT2D eigenvalue weighted by Crippen LogP contribution is 2.29. The molecule has 1 fully saturated rings. The van der Waals surface area contributed by atoms with Gasteiger partial charge in [0.15, 0.2) is 5.58 Å². The average Bonchev–Trinajstić information content (AvgIpc) is 3.34. The maximum atomic E-state index is 11.7. The van der Waals surface area contributed by atoms with Gasteiger partial charge in [-0.3, -0.25) is 9.88 Å². The highest BCUT2D eigenvalue weighted by atomic mass is 16.4. The monoisotopic (exact) mass is 416 g/mol. The number of aromatic amines is 1. The van der Waals surface area contributed by atoms with Gasteiger partial charge in [-0.1, -0.05) is 6.07 Å². The third-order valence-corrected chi connectivity index (χ3v) is 6.29. The highest BCUT2D eigenvalue weighted by Gasteiger charge is 2.30. The van der Waals surface area contributed by atoms with E-state index in [1.54, 1.807) is 6.07 Å². The summed E-state index contributed by atoms with van der Waals surface area (Å²) >= 11 is 0. The molecule has 1 aliphatic heterocycles. The van der Waals surface area contributed by atoms with Crippen molar-refractivity contribution in [3.63, 3.8) is 0 Å². The lowest BCUT2D eigenvalue weighted by Gasteiger charge is -2.45. The Hall–Kier alpha value is -3.50. The lowest BCUT2D eigenvalue weighted by molar-refractivity contribution is 0.133. The maximum absolute atomic E-state index is 11.7. The number of nitrogens with zero attached hydrogens (tertiary/aromatic N) is 3. The number of anilines is 1. The molecule has 0 spiro atoms. The Morgan fingerprint density at radius 2 is 2.00 bits per heavy atom. The van der Waals surface area contributed by atoms with Crippen molar-refractivity contribution >= 4 is 27.8 Å². The van der Waals surface area contributed by atoms with Crippen LogP contribution in [-0.4, -0.2) is 41.6 Å². The predicted octanol–water partition coefficient (Wildman–Crippen LogP) is 3.88. The SMILES string of the molecule is C[C@@H]1CN(c2cccc3[nH]c(=O)oc23)C[C@H](C)N1CCc1coc2ccc(C#N)cc12. The topological polar surface area (TPSA) is 89.4 Å². The number of nitrogens with one attached hydrogen (secondary N) is 1. The first-order valence-electron chi connectivity index (χ1n) is 10.6. The zero-order valence-electron chi connectivity index (χ0n) is 17.6. The molecule has 158 valence electrons. The molecule has 2 atom stereocenters. The second-order valence-electron chi connectivity index (χ2n) is 8.34. The van der Waals surface area contributed by atoms with Crippen molar-refractivity contribution in [3.8, 4) is 6.07 Å². The number of para-hydroxylation sites is 1. The van der Waals surface area contributed by atoms with Crippen molar-refractivity contribution in [2.45, 2.75) is 32.4 Å². The summed E-state index contributed by atoms with van der Waals surface area (Å²) in [5, 5.41) is 10.2. The molecular formula is C24H24N4O3. The van der Waals surface area contributed by atoms with E-state index in [9.17, 15) is 10.1 Å². The normalized spacial score (nSPS) is 19.8. The van der Waals surface area contributed by atoms with Gasteiger partial charge in [0.1, 0.15) is 5.58 Å². The van der Waals surface area contributed by atoms with Crippen molar-refractivity contribution in [2.75, 3.05) is 24.5 Å². The number of furan rings is 1. The van der Waals surface area contributed by atoms with Gasteiger partial charge in [0.05, 0.1) is 29.1 Å². The fourth-order valence-electron chi connectivity index (χ4n) is 4.80. The fraction of sp³-hybridized carbons (Fsp3) is 0.333. The first-order chi connectivity index (χ1) is 15.0. The summed E-state index contributed by atoms with van der Waals surface area (Å²) in [5.74, 6) is -0.422. The number of piperazine rings is 1. The van der Waals surface area contributed by atoms with Crippen LogP contribution in [0.1, 0.15) is 25.0 Å². The fourth-order valence-corrected chi connectivity index (χ4v) is 4.80. The molecule has 31 heavy (non-hydrogen) atoms. The Labute approximate surface area is 179 Å². The summed E-state index contributed by atoms with van der Waals surface area (Å²) < 4.78 is 11.1. The minimum atomic E-state index is -0.422. The van der Waals surface area contributed by atoms with E-state index in [0.717, 1.165) is 53.8 Å². The zero-order chi connectivity index (χ0) is 21.5. The molecule has 2 aromatic carbocycles. The van der Waals surface area contributed by atoms with Gasteiger partial charge in [-0.25, -0.2) is 4.79 Å². The highest BCUT2D eigenvalue weighted by molar-refractivity contribution is 5.86. The van der Waals surface area contributed by atoms with Crippen LogP contribution in [0.5, 0.6) is 0 Å². The van der Waals surface area contributed by atoms with E-state index in [-0.39, 0.29) is 0 Å². The maximum Gasteiger partial charge on any atom is 0.417 e. The standard InChI is InChI=1S/C24H24N4O3/c1-15-12-27(21-5-3-4-20-23(21)31-24(29)26-20)13-16(2)28(15)9-8-18-14-30-22-7-6-17(11-25)10-19(18)22/h3-7,10,14-16H,8-9,12-13H2,1-2H3,(H,26,29)/t15-,16+. The Kier molecular flexibility index (Phi) is 4.79. The molecule has 1 saturated heterocycles. The van der Waals surface area contributed by atoms with Gasteiger partial charge < -0.3 is 13.7 Å². The lowest BCUT2D eigenvalue weighted by atomic mass is 10.0. The number of fused-ring (bicyclic) bond motifs is 2. The van der Waals surface area contributed by atoms with E-state index in [4.69, 9.17) is 8.83 Å². The summed E-state index contributed by atoms with van der Waals surface area (Å²) in [5.41, 5.74) is 4.91. The quantitative estimate of drug-likeness (QED) is 0.543. The van der Waals surface area contributed by atoms with Crippen molar-refractivity contribution in [3.05, 3.63) is 64.3 Å². The number of rotatable bonds is 4. The van der Waals surface area contributed by atoms with Crippen LogP contribution in [0.2, 0.25) is 0 Å². The van der Waals surface area contributed by atoms with Gasteiger partial charge in [-0.05, 0) is 56.2 Å². The molecule has 2 aromatic heterocycles. The molecule has 0 aliphatic carbocycles. The van der Waals surface area contributed by atoms with Gasteiger partial charge in [0.2, 0.25) is 0 Å². The zero-order valence-corrected chi connectivity index (χ0v) is 17.6. The van der Waals surface area contributed by atoms with Gasteiger partial charge in [-0.15, -0.1) is 0 Å². The summed E-state index contributed by atoms with van der Waals surface area (Å²) in [7, 11) is 0. The van der Waals surface area contributed by atoms with Crippen molar-refractivity contribution in [1.82, 2.24) is 9.88 Å². The molecule has 5 rings (SSSR count). The number of nitriles is 1. The molecule has 0 saturated carbocycles. The molecule has 3 heterocycles. The van der Waals surface area contributed by atoms with Gasteiger partial charge >= 0.3 is 5.76 Å². The van der Waals surface area contributed by atoms with Crippen molar-refractivity contribution in [2.24, 2.45) is 0 Å². The number of oxazole rings is 1. The average molecular weight is 416 g/mol. The minimum absolute atomic E-state index is 0.331. The first-order valence-corrected chi connectivity index (χ1v) is 10.6. The van der Waals surface area contributed by atoms with Crippen LogP contribution in [0.3, 0.4) is 0 Å². The molecule has 0 radical (unpaired) electrons. The summed E-state index contributed by atoms with van der Waals surface area (Å²) in [4.78, 5) is 19.2. The third-order valence-electron chi connectivity index (χ3n) is 6.29. The summed E-state index contributed by atoms with van der Waals surface area (Å²) in [6.07, 6.45) is 2.67. The van der Waals surface area contributed by atoms with E-state index in [2.05, 4.69) is 34.7 Å². The second kappa shape index (κ2) is 7.64. The molecule has 1 aliphatic rings. The molecule has 4 aromatic rings. The predicted molar refractivity (Wildman–Crippen MR) is 119 cm³/mol. The van der Waals surface area contributed by atoms with Gasteiger partial charge in [-0.2, -0.15) is 5.26 Å². The number of benzene rings is 2. The molecule has 7 heteroatoms. The van der Waals surface area contributed by atoms with Gasteiger partial charge in [0.25, 0.3) is 0 Å². The molecule has 7 nitrogen and oxygen atoms in total. The van der Waals surface area contributed by atoms with Crippen LogP contribution in [0.15, 0.2) is 56.3 Å². The van der Waals surface area contributed by atoms with E-state index in [1.165, 1.54) is 0 Å². The third kappa shape index (κ3) is 3.49. The first kappa shape index (κ1) is 19.5. The largest absolute Gasteiger partial charge is 0.464 e. The molecule has 0 bridgehead atoms. The van der Waals surface area contributed by atoms with E-state index in [1.807, 2.05) is 36.6 Å². The second-order valence-corrected chi connectivity index (χ2v) is 8.34. The van der Waals surface area contributed by atoms with Crippen molar-refractivity contribution in [1.29, 1.82) is 5.26 Å². The van der Waals surface area contributed by atoms with Crippen LogP contribution in [0, 0.1) is 11.3 Å². The number of hydrogen-bond donors (Lipinski definition) is 1. The van der Waals surface area contributed by atoms with E-state index in [0.29, 0.717) is 23.2 Å². The summed E-state index contributed by atoms with van der Waals surface area (Å²) in [6.45, 7) is 7.08. The number of H-pyrrole nitrogens is 1. The number of hydrogen-bond acceptors (Lipinski definition) is 6. The van der Waals surface area contributed by atoms with Crippen LogP contribution in [0.4, 0.5) is 5.69 Å². The van der Waals surface area contributed by atoms with Crippen LogP contribution >= 0.6 is 0 Å². The van der Waals surface area contributed by atoms with E-state index < -0.39 is 5.76 Å². The Morgan fingerprint density at radius 3 is 2.77 bits per heavy atom. The minimum Gasteiger partial charge on any atom is -0.464 e. The Balaban J connectivity index is 1.33. The Bertz CT molecular complexity index is 1330. The number of aromatic nitrogens is 1. The van der Waals surface area contributed by atoms with Crippen LogP contribution in [0.25, 0.3) is 22.1 Å². The molecule has 1 N–H and O–H groups in total. The summed E-state index contributed by atoms with van der Waals surface area (Å²) in [6, 6.07) is 14.2. The molecule has 0 unspecified atom stereocenters. The van der Waals surface area contributed by atoms with E-state index >= 15 is 0 Å². The van der Waals surface area contributed by atoms with Crippen molar-refractivity contribution < 1.29 is 8.83 Å². The van der Waals surface area contributed by atoms with Gasteiger partial charge in [0, 0.05) is 37.1 Å². The molecule has 0 amide bonds. The van der Waals surface area contributed by atoms with Crippen LogP contribution in [-0.2, 0) is 6.42 Å². The Morgan fingerprint density at radius 1 is 1.19 bits per heavy atom.